The molecule has 0 radical (unpaired) electrons. The number of nitrogens with one attached hydrogen (secondary N) is 1. The first-order valence-corrected chi connectivity index (χ1v) is 3.50. The molecule has 0 aliphatic rings. The summed E-state index contributed by atoms with van der Waals surface area (Å²) in [5.74, 6) is -0.325. The van der Waals surface area contributed by atoms with Gasteiger partial charge in [0.05, 0.1) is 4.92 Å². The molecule has 0 aromatic carbocycles. The van der Waals surface area contributed by atoms with E-state index in [2.05, 4.69) is 5.10 Å². The van der Waals surface area contributed by atoms with Gasteiger partial charge >= 0.3 is 5.69 Å². The molecule has 1 heterocycles. The SMILES string of the molecule is Cc1nn(C(=N)N)c(C)c1[N+](=O)[O-]. The number of rotatable bonds is 1. The molecule has 0 aliphatic carbocycles. The Balaban J connectivity index is 3.39. The number of nitrogens with two attached hydrogens (primary N) is 1. The van der Waals surface area contributed by atoms with Gasteiger partial charge in [-0.25, -0.2) is 0 Å². The Hall–Kier alpha value is -1.92. The molecule has 7 heteroatoms. The summed E-state index contributed by atoms with van der Waals surface area (Å²) in [5, 5.41) is 21.4. The summed E-state index contributed by atoms with van der Waals surface area (Å²) >= 11 is 0. The zero-order valence-corrected chi connectivity index (χ0v) is 7.24. The second kappa shape index (κ2) is 2.85. The van der Waals surface area contributed by atoms with Gasteiger partial charge < -0.3 is 5.73 Å². The average Bonchev–Trinajstić information content (AvgIpc) is 2.26. The molecule has 3 N–H and O–H groups in total. The van der Waals surface area contributed by atoms with Crippen LogP contribution in [0, 0.1) is 29.4 Å². The Kier molecular flexibility index (Phi) is 2.01. The lowest BCUT2D eigenvalue weighted by Gasteiger charge is -1.97. The second-order valence-corrected chi connectivity index (χ2v) is 2.57. The molecule has 0 aliphatic heterocycles. The molecule has 0 bridgehead atoms. The van der Waals surface area contributed by atoms with Crippen molar-refractivity contribution in [3.63, 3.8) is 0 Å². The molecule has 0 fully saturated rings. The lowest BCUT2D eigenvalue weighted by molar-refractivity contribution is -0.386. The molecule has 0 unspecified atom stereocenters. The molecule has 0 amide bonds. The van der Waals surface area contributed by atoms with Crippen molar-refractivity contribution >= 4 is 11.6 Å². The summed E-state index contributed by atoms with van der Waals surface area (Å²) in [5.41, 5.74) is 5.61. The predicted molar refractivity (Wildman–Crippen MR) is 45.7 cm³/mol. The van der Waals surface area contributed by atoms with E-state index in [1.807, 2.05) is 0 Å². The number of hydrogen-bond donors (Lipinski definition) is 2. The smallest absolute Gasteiger partial charge is 0.313 e. The largest absolute Gasteiger partial charge is 0.368 e. The van der Waals surface area contributed by atoms with Crippen LogP contribution < -0.4 is 5.73 Å². The normalized spacial score (nSPS) is 10.0. The topological polar surface area (TPSA) is 111 Å². The number of nitrogen functional groups attached to an aromatic ring is 1. The second-order valence-electron chi connectivity index (χ2n) is 2.57. The van der Waals surface area contributed by atoms with Gasteiger partial charge in [-0.1, -0.05) is 0 Å². The van der Waals surface area contributed by atoms with Crippen molar-refractivity contribution in [1.29, 1.82) is 5.41 Å². The zero-order chi connectivity index (χ0) is 10.2. The quantitative estimate of drug-likeness (QED) is 0.279. The van der Waals surface area contributed by atoms with Crippen molar-refractivity contribution in [3.8, 4) is 0 Å². The van der Waals surface area contributed by atoms with Crippen LogP contribution in [0.4, 0.5) is 5.69 Å². The maximum Gasteiger partial charge on any atom is 0.313 e. The Morgan fingerprint density at radius 1 is 1.69 bits per heavy atom. The minimum absolute atomic E-state index is 0.0878. The van der Waals surface area contributed by atoms with Crippen molar-refractivity contribution in [2.75, 3.05) is 0 Å². The van der Waals surface area contributed by atoms with E-state index in [1.165, 1.54) is 13.8 Å². The Morgan fingerprint density at radius 2 is 2.23 bits per heavy atom. The standard InChI is InChI=1S/C6H9N5O2/c1-3-5(11(12)13)4(2)10(9-3)6(7)8/h1-2H3,(H3,7,8). The number of nitro groups is 1. The van der Waals surface area contributed by atoms with Gasteiger partial charge in [-0.3, -0.25) is 15.5 Å². The fraction of sp³-hybridized carbons (Fsp3) is 0.333. The van der Waals surface area contributed by atoms with Crippen LogP contribution in [0.15, 0.2) is 0 Å². The number of aromatic nitrogens is 2. The van der Waals surface area contributed by atoms with Gasteiger partial charge in [0, 0.05) is 0 Å². The van der Waals surface area contributed by atoms with E-state index in [1.54, 1.807) is 0 Å². The molecule has 1 aromatic rings. The van der Waals surface area contributed by atoms with Crippen molar-refractivity contribution in [1.82, 2.24) is 9.78 Å². The molecule has 0 spiro atoms. The van der Waals surface area contributed by atoms with E-state index in [0.717, 1.165) is 4.68 Å². The first kappa shape index (κ1) is 9.17. The summed E-state index contributed by atoms with van der Waals surface area (Å²) in [6.07, 6.45) is 0. The molecule has 0 saturated heterocycles. The third-order valence-corrected chi connectivity index (χ3v) is 1.66. The van der Waals surface area contributed by atoms with Crippen LogP contribution in [-0.4, -0.2) is 20.7 Å². The summed E-state index contributed by atoms with van der Waals surface area (Å²) in [7, 11) is 0. The number of hydrogen-bond acceptors (Lipinski definition) is 4. The minimum atomic E-state index is -0.531. The highest BCUT2D eigenvalue weighted by molar-refractivity contribution is 5.78. The van der Waals surface area contributed by atoms with Gasteiger partial charge in [0.25, 0.3) is 0 Å². The molecular formula is C6H9N5O2. The molecular weight excluding hydrogens is 174 g/mol. The van der Waals surface area contributed by atoms with Crippen LogP contribution in [0.2, 0.25) is 0 Å². The lowest BCUT2D eigenvalue weighted by Crippen LogP contribution is -2.23. The van der Waals surface area contributed by atoms with Crippen molar-refractivity contribution in [2.24, 2.45) is 5.73 Å². The first-order chi connectivity index (χ1) is 5.95. The van der Waals surface area contributed by atoms with Gasteiger partial charge in [-0.2, -0.15) is 9.78 Å². The fourth-order valence-electron chi connectivity index (χ4n) is 1.13. The van der Waals surface area contributed by atoms with Gasteiger partial charge in [-0.05, 0) is 13.8 Å². The van der Waals surface area contributed by atoms with Crippen LogP contribution in [0.1, 0.15) is 11.4 Å². The molecule has 7 nitrogen and oxygen atoms in total. The Labute approximate surface area is 73.8 Å². The zero-order valence-electron chi connectivity index (χ0n) is 7.24. The monoisotopic (exact) mass is 183 g/mol. The maximum atomic E-state index is 10.5. The first-order valence-electron chi connectivity index (χ1n) is 3.50. The predicted octanol–water partition coefficient (Wildman–Crippen LogP) is 0.150. The van der Waals surface area contributed by atoms with Crippen molar-refractivity contribution < 1.29 is 4.92 Å². The summed E-state index contributed by atoms with van der Waals surface area (Å²) in [6.45, 7) is 3.00. The third-order valence-electron chi connectivity index (χ3n) is 1.66. The van der Waals surface area contributed by atoms with Crippen molar-refractivity contribution in [3.05, 3.63) is 21.5 Å². The average molecular weight is 183 g/mol. The summed E-state index contributed by atoms with van der Waals surface area (Å²) < 4.78 is 1.04. The Bertz CT molecular complexity index is 381. The third kappa shape index (κ3) is 1.35. The maximum absolute atomic E-state index is 10.5. The van der Waals surface area contributed by atoms with Gasteiger partial charge in [-0.15, -0.1) is 0 Å². The highest BCUT2D eigenvalue weighted by Gasteiger charge is 2.22. The van der Waals surface area contributed by atoms with Crippen LogP contribution in [0.3, 0.4) is 0 Å². The lowest BCUT2D eigenvalue weighted by atomic mass is 10.3. The van der Waals surface area contributed by atoms with E-state index in [4.69, 9.17) is 11.1 Å². The van der Waals surface area contributed by atoms with Crippen molar-refractivity contribution in [2.45, 2.75) is 13.8 Å². The van der Waals surface area contributed by atoms with Gasteiger partial charge in [0.15, 0.2) is 0 Å². The van der Waals surface area contributed by atoms with Gasteiger partial charge in [0.1, 0.15) is 11.4 Å². The van der Waals surface area contributed by atoms with Crippen LogP contribution in [-0.2, 0) is 0 Å². The van der Waals surface area contributed by atoms with E-state index < -0.39 is 4.92 Å². The van der Waals surface area contributed by atoms with Crippen LogP contribution >= 0.6 is 0 Å². The molecule has 0 atom stereocenters. The summed E-state index contributed by atoms with van der Waals surface area (Å²) in [4.78, 5) is 9.99. The molecule has 1 aromatic heterocycles. The van der Waals surface area contributed by atoms with Crippen LogP contribution in [0.25, 0.3) is 0 Å². The molecule has 1 rings (SSSR count). The van der Waals surface area contributed by atoms with E-state index in [9.17, 15) is 10.1 Å². The number of nitrogens with zero attached hydrogens (tertiary/aromatic N) is 3. The molecule has 70 valence electrons. The molecule has 0 saturated carbocycles. The van der Waals surface area contributed by atoms with Gasteiger partial charge in [0.2, 0.25) is 5.96 Å². The van der Waals surface area contributed by atoms with E-state index in [-0.39, 0.29) is 23.0 Å². The number of aryl methyl sites for hydroxylation is 1. The van der Waals surface area contributed by atoms with E-state index in [0.29, 0.717) is 0 Å². The summed E-state index contributed by atoms with van der Waals surface area (Å²) in [6, 6.07) is 0. The highest BCUT2D eigenvalue weighted by Crippen LogP contribution is 2.20. The Morgan fingerprint density at radius 3 is 2.46 bits per heavy atom. The van der Waals surface area contributed by atoms with E-state index >= 15 is 0 Å². The fourth-order valence-corrected chi connectivity index (χ4v) is 1.13. The van der Waals surface area contributed by atoms with Crippen LogP contribution in [0.5, 0.6) is 0 Å². The molecule has 13 heavy (non-hydrogen) atoms. The minimum Gasteiger partial charge on any atom is -0.368 e. The highest BCUT2D eigenvalue weighted by atomic mass is 16.6.